The SMILES string of the molecule is CCCCC1Nc2c(c(CCC)nn2C)NC1=O. The molecule has 0 aromatic carbocycles. The highest BCUT2D eigenvalue weighted by molar-refractivity contribution is 6.02. The highest BCUT2D eigenvalue weighted by Crippen LogP contribution is 2.31. The van der Waals surface area contributed by atoms with Crippen LogP contribution in [0.3, 0.4) is 0 Å². The van der Waals surface area contributed by atoms with Crippen molar-refractivity contribution < 1.29 is 4.79 Å². The van der Waals surface area contributed by atoms with Crippen LogP contribution in [0.5, 0.6) is 0 Å². The Labute approximate surface area is 108 Å². The number of amides is 1. The summed E-state index contributed by atoms with van der Waals surface area (Å²) in [6.45, 7) is 4.25. The summed E-state index contributed by atoms with van der Waals surface area (Å²) in [6.07, 6.45) is 4.95. The molecule has 1 aromatic heterocycles. The van der Waals surface area contributed by atoms with Gasteiger partial charge >= 0.3 is 0 Å². The van der Waals surface area contributed by atoms with Gasteiger partial charge in [0.15, 0.2) is 0 Å². The number of carbonyl (C=O) groups is 1. The standard InChI is InChI=1S/C13H22N4O/c1-4-6-8-10-13(18)15-11-9(7-5-2)16-17(3)12(11)14-10/h10,14H,4-8H2,1-3H3,(H,15,18). The average Bonchev–Trinajstić information content (AvgIpc) is 2.64. The van der Waals surface area contributed by atoms with Gasteiger partial charge in [-0.15, -0.1) is 0 Å². The molecule has 1 unspecified atom stereocenters. The first-order valence-corrected chi connectivity index (χ1v) is 6.80. The van der Waals surface area contributed by atoms with Gasteiger partial charge in [0.1, 0.15) is 17.5 Å². The van der Waals surface area contributed by atoms with Crippen LogP contribution in [0, 0.1) is 0 Å². The van der Waals surface area contributed by atoms with Gasteiger partial charge in [0.2, 0.25) is 5.91 Å². The van der Waals surface area contributed by atoms with E-state index >= 15 is 0 Å². The van der Waals surface area contributed by atoms with Crippen LogP contribution in [-0.4, -0.2) is 21.7 Å². The maximum Gasteiger partial charge on any atom is 0.247 e. The number of hydrogen-bond acceptors (Lipinski definition) is 3. The third-order valence-corrected chi connectivity index (χ3v) is 3.33. The number of nitrogens with one attached hydrogen (secondary N) is 2. The molecule has 1 aromatic rings. The number of nitrogens with zero attached hydrogens (tertiary/aromatic N) is 2. The summed E-state index contributed by atoms with van der Waals surface area (Å²) < 4.78 is 1.83. The molecule has 0 saturated carbocycles. The maximum absolute atomic E-state index is 12.0. The number of aryl methyl sites for hydroxylation is 2. The molecule has 2 rings (SSSR count). The minimum Gasteiger partial charge on any atom is -0.357 e. The van der Waals surface area contributed by atoms with Gasteiger partial charge in [-0.1, -0.05) is 33.1 Å². The van der Waals surface area contributed by atoms with Gasteiger partial charge in [0.25, 0.3) is 0 Å². The molecule has 0 fully saturated rings. The average molecular weight is 250 g/mol. The highest BCUT2D eigenvalue weighted by Gasteiger charge is 2.29. The highest BCUT2D eigenvalue weighted by atomic mass is 16.2. The van der Waals surface area contributed by atoms with Crippen LogP contribution >= 0.6 is 0 Å². The largest absolute Gasteiger partial charge is 0.357 e. The molecule has 0 aliphatic carbocycles. The smallest absolute Gasteiger partial charge is 0.247 e. The van der Waals surface area contributed by atoms with E-state index in [0.717, 1.165) is 49.3 Å². The van der Waals surface area contributed by atoms with Crippen molar-refractivity contribution >= 4 is 17.4 Å². The van der Waals surface area contributed by atoms with E-state index in [-0.39, 0.29) is 11.9 Å². The molecule has 2 N–H and O–H groups in total. The van der Waals surface area contributed by atoms with Crippen molar-refractivity contribution in [3.05, 3.63) is 5.69 Å². The van der Waals surface area contributed by atoms with E-state index in [0.29, 0.717) is 0 Å². The van der Waals surface area contributed by atoms with E-state index in [9.17, 15) is 4.79 Å². The Balaban J connectivity index is 2.20. The normalized spacial score (nSPS) is 18.2. The Kier molecular flexibility index (Phi) is 3.89. The lowest BCUT2D eigenvalue weighted by Crippen LogP contribution is -2.39. The van der Waals surface area contributed by atoms with Crippen LogP contribution in [0.15, 0.2) is 0 Å². The van der Waals surface area contributed by atoms with Crippen molar-refractivity contribution in [3.8, 4) is 0 Å². The van der Waals surface area contributed by atoms with Gasteiger partial charge < -0.3 is 10.6 Å². The Morgan fingerprint density at radius 1 is 1.33 bits per heavy atom. The Morgan fingerprint density at radius 2 is 2.11 bits per heavy atom. The van der Waals surface area contributed by atoms with Crippen molar-refractivity contribution in [1.82, 2.24) is 9.78 Å². The summed E-state index contributed by atoms with van der Waals surface area (Å²) in [5, 5.41) is 10.8. The first kappa shape index (κ1) is 12.9. The van der Waals surface area contributed by atoms with E-state index in [1.54, 1.807) is 0 Å². The van der Waals surface area contributed by atoms with Crippen molar-refractivity contribution in [1.29, 1.82) is 0 Å². The number of carbonyl (C=O) groups excluding carboxylic acids is 1. The second-order valence-electron chi connectivity index (χ2n) is 4.87. The predicted molar refractivity (Wildman–Crippen MR) is 72.8 cm³/mol. The third-order valence-electron chi connectivity index (χ3n) is 3.33. The van der Waals surface area contributed by atoms with Crippen LogP contribution in [-0.2, 0) is 18.3 Å². The summed E-state index contributed by atoms with van der Waals surface area (Å²) in [7, 11) is 1.92. The number of aromatic nitrogens is 2. The fourth-order valence-corrected chi connectivity index (χ4v) is 2.34. The fraction of sp³-hybridized carbons (Fsp3) is 0.692. The number of rotatable bonds is 5. The first-order chi connectivity index (χ1) is 8.67. The number of unbranched alkanes of at least 4 members (excludes halogenated alkanes) is 1. The Bertz CT molecular complexity index is 438. The number of anilines is 2. The molecule has 5 heteroatoms. The fourth-order valence-electron chi connectivity index (χ4n) is 2.34. The van der Waals surface area contributed by atoms with E-state index < -0.39 is 0 Å². The molecule has 0 radical (unpaired) electrons. The topological polar surface area (TPSA) is 59.0 Å². The molecule has 5 nitrogen and oxygen atoms in total. The monoisotopic (exact) mass is 250 g/mol. The van der Waals surface area contributed by atoms with Crippen molar-refractivity contribution in [2.24, 2.45) is 7.05 Å². The number of fused-ring (bicyclic) bond motifs is 1. The molecule has 1 aliphatic rings. The van der Waals surface area contributed by atoms with E-state index in [2.05, 4.69) is 29.6 Å². The first-order valence-electron chi connectivity index (χ1n) is 6.80. The molecule has 0 spiro atoms. The summed E-state index contributed by atoms with van der Waals surface area (Å²) in [5.74, 6) is 1.01. The summed E-state index contributed by atoms with van der Waals surface area (Å²) >= 11 is 0. The van der Waals surface area contributed by atoms with Gasteiger partial charge in [-0.25, -0.2) is 0 Å². The molecular weight excluding hydrogens is 228 g/mol. The molecule has 1 aliphatic heterocycles. The molecule has 0 bridgehead atoms. The van der Waals surface area contributed by atoms with E-state index in [1.807, 2.05) is 11.7 Å². The number of hydrogen-bond donors (Lipinski definition) is 2. The quantitative estimate of drug-likeness (QED) is 0.843. The zero-order chi connectivity index (χ0) is 13.1. The second-order valence-corrected chi connectivity index (χ2v) is 4.87. The third kappa shape index (κ3) is 2.35. The van der Waals surface area contributed by atoms with E-state index in [4.69, 9.17) is 0 Å². The lowest BCUT2D eigenvalue weighted by Gasteiger charge is -2.25. The second kappa shape index (κ2) is 5.42. The minimum atomic E-state index is -0.123. The molecular formula is C13H22N4O. The van der Waals surface area contributed by atoms with Gasteiger partial charge in [0, 0.05) is 7.05 Å². The Hall–Kier alpha value is -1.52. The zero-order valence-corrected chi connectivity index (χ0v) is 11.4. The summed E-state index contributed by atoms with van der Waals surface area (Å²) in [5.41, 5.74) is 1.85. The minimum absolute atomic E-state index is 0.0707. The molecule has 100 valence electrons. The van der Waals surface area contributed by atoms with Gasteiger partial charge in [-0.2, -0.15) is 5.10 Å². The predicted octanol–water partition coefficient (Wildman–Crippen LogP) is 2.30. The lowest BCUT2D eigenvalue weighted by molar-refractivity contribution is -0.117. The van der Waals surface area contributed by atoms with Crippen LogP contribution < -0.4 is 10.6 Å². The zero-order valence-electron chi connectivity index (χ0n) is 11.4. The lowest BCUT2D eigenvalue weighted by atomic mass is 10.1. The molecule has 18 heavy (non-hydrogen) atoms. The van der Waals surface area contributed by atoms with Crippen LogP contribution in [0.25, 0.3) is 0 Å². The molecule has 1 amide bonds. The molecule has 2 heterocycles. The molecule has 0 saturated heterocycles. The van der Waals surface area contributed by atoms with Gasteiger partial charge in [0.05, 0.1) is 5.69 Å². The van der Waals surface area contributed by atoms with Gasteiger partial charge in [-0.05, 0) is 12.8 Å². The Morgan fingerprint density at radius 3 is 2.78 bits per heavy atom. The maximum atomic E-state index is 12.0. The van der Waals surface area contributed by atoms with Crippen LogP contribution in [0.1, 0.15) is 45.2 Å². The van der Waals surface area contributed by atoms with Crippen molar-refractivity contribution in [3.63, 3.8) is 0 Å². The van der Waals surface area contributed by atoms with Gasteiger partial charge in [-0.3, -0.25) is 9.48 Å². The summed E-state index contributed by atoms with van der Waals surface area (Å²) in [6, 6.07) is -0.123. The van der Waals surface area contributed by atoms with Crippen LogP contribution in [0.2, 0.25) is 0 Å². The van der Waals surface area contributed by atoms with E-state index in [1.165, 1.54) is 0 Å². The van der Waals surface area contributed by atoms with Crippen molar-refractivity contribution in [2.45, 2.75) is 52.0 Å². The van der Waals surface area contributed by atoms with Crippen molar-refractivity contribution in [2.75, 3.05) is 10.6 Å². The molecule has 1 atom stereocenters. The summed E-state index contributed by atoms with van der Waals surface area (Å²) in [4.78, 5) is 12.0. The van der Waals surface area contributed by atoms with Crippen LogP contribution in [0.4, 0.5) is 11.5 Å².